The smallest absolute Gasteiger partial charge is 0.267 e. The minimum atomic E-state index is 0.0234. The van der Waals surface area contributed by atoms with Crippen LogP contribution in [0.4, 0.5) is 0 Å². The van der Waals surface area contributed by atoms with E-state index in [0.29, 0.717) is 25.0 Å². The zero-order valence-electron chi connectivity index (χ0n) is 13.1. The second-order valence-electron chi connectivity index (χ2n) is 6.45. The van der Waals surface area contributed by atoms with Gasteiger partial charge in [-0.1, -0.05) is 5.16 Å². The standard InChI is InChI=1S/C16H21N5O2/c22-16-8-12-4-1-2-6-14(12)19-21(16)9-13-5-3-7-20(13)10-15-17-11-18-23-15/h8,11,13H,1-7,9-10H2. The molecule has 1 aliphatic heterocycles. The molecule has 2 aromatic rings. The van der Waals surface area contributed by atoms with E-state index in [1.165, 1.54) is 19.2 Å². The van der Waals surface area contributed by atoms with Crippen molar-refractivity contribution < 1.29 is 4.52 Å². The first-order valence-corrected chi connectivity index (χ1v) is 8.39. The minimum absolute atomic E-state index is 0.0234. The molecule has 1 fully saturated rings. The lowest BCUT2D eigenvalue weighted by Crippen LogP contribution is -2.37. The number of rotatable bonds is 4. The van der Waals surface area contributed by atoms with E-state index in [9.17, 15) is 4.79 Å². The Labute approximate surface area is 134 Å². The van der Waals surface area contributed by atoms with Crippen molar-refractivity contribution in [3.63, 3.8) is 0 Å². The largest absolute Gasteiger partial charge is 0.338 e. The summed E-state index contributed by atoms with van der Waals surface area (Å²) in [7, 11) is 0. The summed E-state index contributed by atoms with van der Waals surface area (Å²) in [6, 6.07) is 2.09. The molecule has 0 aromatic carbocycles. The molecule has 1 aliphatic carbocycles. The Morgan fingerprint density at radius 3 is 3.04 bits per heavy atom. The van der Waals surface area contributed by atoms with Crippen molar-refractivity contribution in [2.75, 3.05) is 6.54 Å². The maximum atomic E-state index is 12.3. The van der Waals surface area contributed by atoms with E-state index in [1.54, 1.807) is 10.7 Å². The van der Waals surface area contributed by atoms with Gasteiger partial charge in [0.2, 0.25) is 5.89 Å². The molecule has 0 amide bonds. The van der Waals surface area contributed by atoms with Crippen LogP contribution >= 0.6 is 0 Å². The number of likely N-dealkylation sites (tertiary alicyclic amines) is 1. The second-order valence-corrected chi connectivity index (χ2v) is 6.45. The van der Waals surface area contributed by atoms with Gasteiger partial charge in [-0.05, 0) is 50.6 Å². The van der Waals surface area contributed by atoms with Crippen LogP contribution in [0.1, 0.15) is 42.8 Å². The lowest BCUT2D eigenvalue weighted by atomic mass is 9.97. The summed E-state index contributed by atoms with van der Waals surface area (Å²) in [6.45, 7) is 2.28. The average Bonchev–Trinajstić information content (AvgIpc) is 3.21. The van der Waals surface area contributed by atoms with Gasteiger partial charge in [0.15, 0.2) is 6.33 Å². The third kappa shape index (κ3) is 3.06. The third-order valence-corrected chi connectivity index (χ3v) is 4.90. The molecule has 3 heterocycles. The van der Waals surface area contributed by atoms with Crippen LogP contribution in [0.25, 0.3) is 0 Å². The number of hydrogen-bond acceptors (Lipinski definition) is 6. The highest BCUT2D eigenvalue weighted by Crippen LogP contribution is 2.21. The second kappa shape index (κ2) is 6.23. The number of aromatic nitrogens is 4. The van der Waals surface area contributed by atoms with E-state index < -0.39 is 0 Å². The number of hydrogen-bond donors (Lipinski definition) is 0. The van der Waals surface area contributed by atoms with Gasteiger partial charge in [-0.3, -0.25) is 9.69 Å². The molecule has 0 bridgehead atoms. The summed E-state index contributed by atoms with van der Waals surface area (Å²) < 4.78 is 6.76. The highest BCUT2D eigenvalue weighted by molar-refractivity contribution is 5.20. The fourth-order valence-corrected chi connectivity index (χ4v) is 3.68. The Kier molecular flexibility index (Phi) is 3.95. The molecule has 23 heavy (non-hydrogen) atoms. The summed E-state index contributed by atoms with van der Waals surface area (Å²) in [4.78, 5) is 18.7. The van der Waals surface area contributed by atoms with Crippen LogP contribution in [-0.4, -0.2) is 37.4 Å². The van der Waals surface area contributed by atoms with Crippen molar-refractivity contribution in [2.24, 2.45) is 0 Å². The quantitative estimate of drug-likeness (QED) is 0.843. The molecule has 0 saturated carbocycles. The van der Waals surface area contributed by atoms with Gasteiger partial charge in [-0.15, -0.1) is 0 Å². The highest BCUT2D eigenvalue weighted by Gasteiger charge is 2.27. The van der Waals surface area contributed by atoms with E-state index in [4.69, 9.17) is 4.52 Å². The van der Waals surface area contributed by atoms with Crippen LogP contribution in [0.3, 0.4) is 0 Å². The lowest BCUT2D eigenvalue weighted by Gasteiger charge is -2.24. The SMILES string of the molecule is O=c1cc2c(nn1CC1CCCN1Cc1ncno1)CCCC2. The Bertz CT molecular complexity index is 725. The average molecular weight is 315 g/mol. The van der Waals surface area contributed by atoms with E-state index in [0.717, 1.165) is 43.5 Å². The van der Waals surface area contributed by atoms with E-state index in [-0.39, 0.29) is 5.56 Å². The molecule has 1 saturated heterocycles. The number of aryl methyl sites for hydroxylation is 2. The molecular weight excluding hydrogens is 294 g/mol. The first kappa shape index (κ1) is 14.6. The monoisotopic (exact) mass is 315 g/mol. The molecule has 0 spiro atoms. The normalized spacial score (nSPS) is 21.5. The Morgan fingerprint density at radius 1 is 1.26 bits per heavy atom. The fraction of sp³-hybridized carbons (Fsp3) is 0.625. The summed E-state index contributed by atoms with van der Waals surface area (Å²) >= 11 is 0. The summed E-state index contributed by atoms with van der Waals surface area (Å²) in [5.41, 5.74) is 2.28. The van der Waals surface area contributed by atoms with Gasteiger partial charge in [0.1, 0.15) is 0 Å². The molecule has 122 valence electrons. The zero-order valence-corrected chi connectivity index (χ0v) is 13.1. The molecule has 7 heteroatoms. The van der Waals surface area contributed by atoms with Gasteiger partial charge in [0.25, 0.3) is 5.56 Å². The Hall–Kier alpha value is -2.02. The molecule has 1 unspecified atom stereocenters. The highest BCUT2D eigenvalue weighted by atomic mass is 16.5. The molecule has 7 nitrogen and oxygen atoms in total. The summed E-state index contributed by atoms with van der Waals surface area (Å²) in [6.07, 6.45) is 7.94. The van der Waals surface area contributed by atoms with Crippen LogP contribution in [0.15, 0.2) is 21.7 Å². The van der Waals surface area contributed by atoms with Crippen molar-refractivity contribution in [1.82, 2.24) is 24.8 Å². The molecule has 1 atom stereocenters. The first-order chi connectivity index (χ1) is 11.3. The molecule has 2 aromatic heterocycles. The predicted octanol–water partition coefficient (Wildman–Crippen LogP) is 1.17. The fourth-order valence-electron chi connectivity index (χ4n) is 3.68. The van der Waals surface area contributed by atoms with Crippen molar-refractivity contribution in [1.29, 1.82) is 0 Å². The van der Waals surface area contributed by atoms with Gasteiger partial charge in [0, 0.05) is 12.1 Å². The van der Waals surface area contributed by atoms with E-state index >= 15 is 0 Å². The van der Waals surface area contributed by atoms with Gasteiger partial charge < -0.3 is 4.52 Å². The van der Waals surface area contributed by atoms with Crippen LogP contribution in [0, 0.1) is 0 Å². The molecule has 0 radical (unpaired) electrons. The molecule has 2 aliphatic rings. The Morgan fingerprint density at radius 2 is 2.17 bits per heavy atom. The molecule has 4 rings (SSSR count). The topological polar surface area (TPSA) is 77.1 Å². The van der Waals surface area contributed by atoms with Gasteiger partial charge in [0.05, 0.1) is 18.8 Å². The van der Waals surface area contributed by atoms with Crippen LogP contribution in [0.2, 0.25) is 0 Å². The van der Waals surface area contributed by atoms with Gasteiger partial charge in [-0.25, -0.2) is 4.68 Å². The first-order valence-electron chi connectivity index (χ1n) is 8.39. The van der Waals surface area contributed by atoms with Crippen LogP contribution in [-0.2, 0) is 25.9 Å². The maximum absolute atomic E-state index is 12.3. The van der Waals surface area contributed by atoms with Crippen LogP contribution in [0.5, 0.6) is 0 Å². The predicted molar refractivity (Wildman–Crippen MR) is 82.9 cm³/mol. The summed E-state index contributed by atoms with van der Waals surface area (Å²) in [5.74, 6) is 0.627. The molecular formula is C16H21N5O2. The van der Waals surface area contributed by atoms with Gasteiger partial charge >= 0.3 is 0 Å². The number of nitrogens with zero attached hydrogens (tertiary/aromatic N) is 5. The zero-order chi connectivity index (χ0) is 15.6. The van der Waals surface area contributed by atoms with Gasteiger partial charge in [-0.2, -0.15) is 10.1 Å². The summed E-state index contributed by atoms with van der Waals surface area (Å²) in [5, 5.41) is 8.29. The Balaban J connectivity index is 1.51. The van der Waals surface area contributed by atoms with E-state index in [2.05, 4.69) is 20.1 Å². The number of fused-ring (bicyclic) bond motifs is 1. The van der Waals surface area contributed by atoms with Crippen LogP contribution < -0.4 is 5.56 Å². The van der Waals surface area contributed by atoms with Crippen molar-refractivity contribution in [3.8, 4) is 0 Å². The maximum Gasteiger partial charge on any atom is 0.267 e. The third-order valence-electron chi connectivity index (χ3n) is 4.90. The minimum Gasteiger partial charge on any atom is -0.338 e. The lowest BCUT2D eigenvalue weighted by molar-refractivity contribution is 0.189. The van der Waals surface area contributed by atoms with Crippen molar-refractivity contribution >= 4 is 0 Å². The van der Waals surface area contributed by atoms with Crippen molar-refractivity contribution in [2.45, 2.75) is 57.7 Å². The van der Waals surface area contributed by atoms with Crippen molar-refractivity contribution in [3.05, 3.63) is 39.9 Å². The molecule has 0 N–H and O–H groups in total. The van der Waals surface area contributed by atoms with E-state index in [1.807, 2.05) is 0 Å².